The number of rotatable bonds is 4. The van der Waals surface area contributed by atoms with Gasteiger partial charge < -0.3 is 5.32 Å². The molecule has 90 valence electrons. The molecule has 0 fully saturated rings. The second-order valence-electron chi connectivity index (χ2n) is 4.38. The number of anilines is 1. The van der Waals surface area contributed by atoms with Crippen molar-refractivity contribution in [3.63, 3.8) is 0 Å². The van der Waals surface area contributed by atoms with E-state index >= 15 is 0 Å². The number of nitrogens with zero attached hydrogens (tertiary/aromatic N) is 3. The van der Waals surface area contributed by atoms with Gasteiger partial charge in [0, 0.05) is 23.5 Å². The number of aromatic nitrogens is 3. The second kappa shape index (κ2) is 4.75. The Labute approximate surface area is 103 Å². The molecule has 2 rings (SSSR count). The van der Waals surface area contributed by atoms with E-state index in [1.54, 1.807) is 12.1 Å². The van der Waals surface area contributed by atoms with Crippen molar-refractivity contribution in [2.45, 2.75) is 19.3 Å². The summed E-state index contributed by atoms with van der Waals surface area (Å²) >= 11 is 1.19. The third-order valence-electron chi connectivity index (χ3n) is 2.58. The van der Waals surface area contributed by atoms with Gasteiger partial charge in [-0.15, -0.1) is 0 Å². The number of halogens is 1. The Kier molecular flexibility index (Phi) is 3.33. The summed E-state index contributed by atoms with van der Waals surface area (Å²) in [5.41, 5.74) is 0.363. The van der Waals surface area contributed by atoms with Gasteiger partial charge in [-0.3, -0.25) is 0 Å². The molecule has 17 heavy (non-hydrogen) atoms. The molecule has 0 aliphatic rings. The minimum absolute atomic E-state index is 0.185. The van der Waals surface area contributed by atoms with Gasteiger partial charge in [-0.05, 0) is 16.8 Å². The molecular weight excluding hydrogens is 239 g/mol. The van der Waals surface area contributed by atoms with E-state index < -0.39 is 0 Å². The van der Waals surface area contributed by atoms with Crippen LogP contribution >= 0.6 is 11.5 Å². The molecule has 0 spiro atoms. The fourth-order valence-corrected chi connectivity index (χ4v) is 1.96. The lowest BCUT2D eigenvalue weighted by Gasteiger charge is -2.25. The van der Waals surface area contributed by atoms with Crippen LogP contribution in [-0.2, 0) is 5.41 Å². The Morgan fingerprint density at radius 1 is 1.35 bits per heavy atom. The third kappa shape index (κ3) is 2.76. The summed E-state index contributed by atoms with van der Waals surface area (Å²) in [7, 11) is 0. The predicted molar refractivity (Wildman–Crippen MR) is 65.6 cm³/mol. The zero-order valence-electron chi connectivity index (χ0n) is 9.64. The van der Waals surface area contributed by atoms with Crippen molar-refractivity contribution >= 4 is 16.7 Å². The molecule has 0 saturated heterocycles. The smallest absolute Gasteiger partial charge is 0.225 e. The largest absolute Gasteiger partial charge is 0.358 e. The van der Waals surface area contributed by atoms with Crippen LogP contribution in [0.3, 0.4) is 0 Å². The highest BCUT2D eigenvalue weighted by atomic mass is 32.1. The van der Waals surface area contributed by atoms with Crippen LogP contribution in [0.2, 0.25) is 0 Å². The van der Waals surface area contributed by atoms with Crippen LogP contribution in [0.25, 0.3) is 0 Å². The lowest BCUT2D eigenvalue weighted by atomic mass is 9.84. The van der Waals surface area contributed by atoms with Crippen molar-refractivity contribution in [1.29, 1.82) is 0 Å². The maximum absolute atomic E-state index is 13.7. The van der Waals surface area contributed by atoms with Crippen molar-refractivity contribution < 1.29 is 4.39 Å². The molecule has 1 aromatic heterocycles. The van der Waals surface area contributed by atoms with Gasteiger partial charge in [0.2, 0.25) is 5.13 Å². The van der Waals surface area contributed by atoms with Gasteiger partial charge in [-0.2, -0.15) is 0 Å². The van der Waals surface area contributed by atoms with E-state index in [0.717, 1.165) is 0 Å². The van der Waals surface area contributed by atoms with Crippen LogP contribution in [0.1, 0.15) is 19.4 Å². The zero-order valence-corrected chi connectivity index (χ0v) is 10.5. The van der Waals surface area contributed by atoms with Crippen LogP contribution in [0.4, 0.5) is 9.52 Å². The molecular formula is C11H13FN4S. The predicted octanol–water partition coefficient (Wildman–Crippen LogP) is 2.46. The topological polar surface area (TPSA) is 50.7 Å². The lowest BCUT2D eigenvalue weighted by molar-refractivity contribution is 0.504. The van der Waals surface area contributed by atoms with E-state index in [1.807, 2.05) is 19.9 Å². The maximum atomic E-state index is 13.7. The van der Waals surface area contributed by atoms with Crippen LogP contribution in [0, 0.1) is 5.82 Å². The molecule has 0 unspecified atom stereocenters. The fraction of sp³-hybridized carbons (Fsp3) is 0.364. The molecule has 6 heteroatoms. The Hall–Kier alpha value is -1.56. The first-order valence-electron chi connectivity index (χ1n) is 5.23. The Morgan fingerprint density at radius 3 is 2.76 bits per heavy atom. The average molecular weight is 252 g/mol. The van der Waals surface area contributed by atoms with Gasteiger partial charge in [0.15, 0.2) is 0 Å². The molecule has 0 aliphatic heterocycles. The standard InChI is InChI=1S/C11H13FN4S/c1-11(2,7-13-10-14-15-16-17-10)8-5-3-4-6-9(8)12/h3-6H,7H2,1-2H3,(H,13,14,16). The Bertz CT molecular complexity index is 484. The van der Waals surface area contributed by atoms with Crippen molar-refractivity contribution in [1.82, 2.24) is 14.8 Å². The van der Waals surface area contributed by atoms with Crippen molar-refractivity contribution in [2.24, 2.45) is 0 Å². The van der Waals surface area contributed by atoms with Gasteiger partial charge in [-0.1, -0.05) is 41.6 Å². The minimum Gasteiger partial charge on any atom is -0.358 e. The van der Waals surface area contributed by atoms with Crippen LogP contribution in [-0.4, -0.2) is 21.3 Å². The highest BCUT2D eigenvalue weighted by molar-refractivity contribution is 7.09. The van der Waals surface area contributed by atoms with E-state index in [4.69, 9.17) is 0 Å². The van der Waals surface area contributed by atoms with Crippen molar-refractivity contribution in [3.8, 4) is 0 Å². The third-order valence-corrected chi connectivity index (χ3v) is 3.14. The molecule has 0 amide bonds. The van der Waals surface area contributed by atoms with Crippen LogP contribution in [0.5, 0.6) is 0 Å². The van der Waals surface area contributed by atoms with Gasteiger partial charge >= 0.3 is 0 Å². The SMILES string of the molecule is CC(C)(CNc1nnns1)c1ccccc1F. The molecule has 0 atom stereocenters. The highest BCUT2D eigenvalue weighted by Crippen LogP contribution is 2.26. The summed E-state index contributed by atoms with van der Waals surface area (Å²) in [6, 6.07) is 6.81. The molecule has 0 aliphatic carbocycles. The van der Waals surface area contributed by atoms with E-state index in [-0.39, 0.29) is 11.2 Å². The molecule has 1 heterocycles. The van der Waals surface area contributed by atoms with Crippen LogP contribution in [0.15, 0.2) is 24.3 Å². The summed E-state index contributed by atoms with van der Waals surface area (Å²) in [4.78, 5) is 0. The summed E-state index contributed by atoms with van der Waals surface area (Å²) in [5.74, 6) is -0.185. The summed E-state index contributed by atoms with van der Waals surface area (Å²) in [6.07, 6.45) is 0. The monoisotopic (exact) mass is 252 g/mol. The van der Waals surface area contributed by atoms with Crippen molar-refractivity contribution in [2.75, 3.05) is 11.9 Å². The van der Waals surface area contributed by atoms with Gasteiger partial charge in [-0.25, -0.2) is 4.39 Å². The molecule has 1 aromatic carbocycles. The number of hydrogen-bond acceptors (Lipinski definition) is 5. The molecule has 0 saturated carbocycles. The van der Waals surface area contributed by atoms with Gasteiger partial charge in [0.1, 0.15) is 5.82 Å². The van der Waals surface area contributed by atoms with Crippen molar-refractivity contribution in [3.05, 3.63) is 35.6 Å². The highest BCUT2D eigenvalue weighted by Gasteiger charge is 2.24. The van der Waals surface area contributed by atoms with Crippen LogP contribution < -0.4 is 5.32 Å². The van der Waals surface area contributed by atoms with E-state index in [9.17, 15) is 4.39 Å². The minimum atomic E-state index is -0.322. The fourth-order valence-electron chi connectivity index (χ4n) is 1.60. The maximum Gasteiger partial charge on any atom is 0.225 e. The number of hydrogen-bond donors (Lipinski definition) is 1. The van der Waals surface area contributed by atoms with Gasteiger partial charge in [0.25, 0.3) is 0 Å². The molecule has 1 N–H and O–H groups in total. The number of nitrogens with one attached hydrogen (secondary N) is 1. The quantitative estimate of drug-likeness (QED) is 0.908. The van der Waals surface area contributed by atoms with E-state index in [1.165, 1.54) is 17.6 Å². The zero-order chi connectivity index (χ0) is 12.3. The first-order valence-corrected chi connectivity index (χ1v) is 6.01. The van der Waals surface area contributed by atoms with Gasteiger partial charge in [0.05, 0.1) is 0 Å². The summed E-state index contributed by atoms with van der Waals surface area (Å²) in [5, 5.41) is 11.0. The number of benzene rings is 1. The van der Waals surface area contributed by atoms with E-state index in [2.05, 4.69) is 20.1 Å². The first-order chi connectivity index (χ1) is 8.09. The summed E-state index contributed by atoms with van der Waals surface area (Å²) in [6.45, 7) is 4.53. The molecule has 0 radical (unpaired) electrons. The molecule has 2 aromatic rings. The summed E-state index contributed by atoms with van der Waals surface area (Å²) < 4.78 is 17.3. The van der Waals surface area contributed by atoms with E-state index in [0.29, 0.717) is 17.2 Å². The second-order valence-corrected chi connectivity index (χ2v) is 5.12. The normalized spacial score (nSPS) is 11.5. The average Bonchev–Trinajstić information content (AvgIpc) is 2.80. The Morgan fingerprint density at radius 2 is 2.12 bits per heavy atom. The molecule has 4 nitrogen and oxygen atoms in total. The lowest BCUT2D eigenvalue weighted by Crippen LogP contribution is -2.28. The molecule has 0 bridgehead atoms. The first kappa shape index (κ1) is 11.9. The Balaban J connectivity index is 2.11.